The normalized spacial score (nSPS) is 12.6. The van der Waals surface area contributed by atoms with E-state index in [9.17, 15) is 0 Å². The average Bonchev–Trinajstić information content (AvgIpc) is 2.39. The maximum absolute atomic E-state index is 4.26. The minimum Gasteiger partial charge on any atom is -0.356 e. The van der Waals surface area contributed by atoms with Crippen molar-refractivity contribution in [3.05, 3.63) is 0 Å². The van der Waals surface area contributed by atoms with Crippen molar-refractivity contribution in [3.8, 4) is 0 Å². The third kappa shape index (κ3) is 9.48. The van der Waals surface area contributed by atoms with Crippen LogP contribution in [0.3, 0.4) is 0 Å². The van der Waals surface area contributed by atoms with Gasteiger partial charge in [0.25, 0.3) is 0 Å². The second kappa shape index (κ2) is 12.3. The highest BCUT2D eigenvalue weighted by Crippen LogP contribution is 2.03. The van der Waals surface area contributed by atoms with Gasteiger partial charge >= 0.3 is 0 Å². The summed E-state index contributed by atoms with van der Waals surface area (Å²) >= 11 is 1.91. The number of guanidine groups is 1. The summed E-state index contributed by atoms with van der Waals surface area (Å²) in [6.07, 6.45) is 4.62. The molecule has 0 saturated heterocycles. The predicted molar refractivity (Wildman–Crippen MR) is 94.0 cm³/mol. The van der Waals surface area contributed by atoms with Crippen LogP contribution in [0.15, 0.2) is 4.99 Å². The van der Waals surface area contributed by atoms with E-state index in [0.29, 0.717) is 12.1 Å². The lowest BCUT2D eigenvalue weighted by Gasteiger charge is -2.30. The fourth-order valence-electron chi connectivity index (χ4n) is 2.21. The van der Waals surface area contributed by atoms with Gasteiger partial charge in [0.15, 0.2) is 5.96 Å². The lowest BCUT2D eigenvalue weighted by molar-refractivity contribution is 0.178. The van der Waals surface area contributed by atoms with Crippen LogP contribution in [0.2, 0.25) is 0 Å². The van der Waals surface area contributed by atoms with Crippen LogP contribution in [0, 0.1) is 0 Å². The van der Waals surface area contributed by atoms with Crippen molar-refractivity contribution in [1.29, 1.82) is 0 Å². The second-order valence-corrected chi connectivity index (χ2v) is 6.54. The van der Waals surface area contributed by atoms with Crippen LogP contribution in [0.1, 0.15) is 40.5 Å². The number of aliphatic imine (C=N–C) groups is 1. The Morgan fingerprint density at radius 1 is 1.05 bits per heavy atom. The van der Waals surface area contributed by atoms with E-state index in [4.69, 9.17) is 0 Å². The molecule has 0 saturated carbocycles. The summed E-state index contributed by atoms with van der Waals surface area (Å²) in [4.78, 5) is 6.75. The molecule has 0 radical (unpaired) electrons. The minimum atomic E-state index is 0.582. The fourth-order valence-corrected chi connectivity index (χ4v) is 2.71. The van der Waals surface area contributed by atoms with Crippen molar-refractivity contribution >= 4 is 17.7 Å². The van der Waals surface area contributed by atoms with E-state index < -0.39 is 0 Å². The van der Waals surface area contributed by atoms with Gasteiger partial charge in [-0.15, -0.1) is 0 Å². The Morgan fingerprint density at radius 3 is 2.15 bits per heavy atom. The number of hydrogen-bond donors (Lipinski definition) is 2. The summed E-state index contributed by atoms with van der Waals surface area (Å²) in [7, 11) is 1.83. The number of nitrogens with one attached hydrogen (secondary N) is 2. The first-order valence-electron chi connectivity index (χ1n) is 7.72. The summed E-state index contributed by atoms with van der Waals surface area (Å²) in [5.74, 6) is 2.16. The summed E-state index contributed by atoms with van der Waals surface area (Å²) in [6, 6.07) is 1.16. The lowest BCUT2D eigenvalue weighted by Crippen LogP contribution is -2.45. The molecular formula is C15H34N4S. The van der Waals surface area contributed by atoms with E-state index in [2.05, 4.69) is 54.5 Å². The van der Waals surface area contributed by atoms with Crippen molar-refractivity contribution in [3.63, 3.8) is 0 Å². The van der Waals surface area contributed by atoms with Crippen LogP contribution in [-0.2, 0) is 0 Å². The molecule has 0 spiro atoms. The standard InChI is InChI=1S/C15H34N4S/c1-13(2)19(14(3)4)11-10-18-15(16-5)17-9-7-8-12-20-6/h13-14H,7-12H2,1-6H3,(H2,16,17,18). The molecule has 0 amide bonds. The lowest BCUT2D eigenvalue weighted by atomic mass is 10.2. The summed E-state index contributed by atoms with van der Waals surface area (Å²) in [6.45, 7) is 12.0. The van der Waals surface area contributed by atoms with Gasteiger partial charge in [-0.05, 0) is 52.5 Å². The Kier molecular flexibility index (Phi) is 12.1. The minimum absolute atomic E-state index is 0.582. The molecule has 120 valence electrons. The molecule has 0 aliphatic carbocycles. The van der Waals surface area contributed by atoms with E-state index in [1.807, 2.05) is 18.8 Å². The third-order valence-electron chi connectivity index (χ3n) is 3.28. The molecule has 0 aromatic rings. The van der Waals surface area contributed by atoms with Crippen LogP contribution >= 0.6 is 11.8 Å². The highest BCUT2D eigenvalue weighted by Gasteiger charge is 2.12. The fraction of sp³-hybridized carbons (Fsp3) is 0.933. The van der Waals surface area contributed by atoms with Crippen molar-refractivity contribution in [1.82, 2.24) is 15.5 Å². The number of thioether (sulfide) groups is 1. The zero-order valence-corrected chi connectivity index (χ0v) is 15.0. The van der Waals surface area contributed by atoms with Crippen molar-refractivity contribution in [2.24, 2.45) is 4.99 Å². The molecule has 5 heteroatoms. The average molecular weight is 303 g/mol. The van der Waals surface area contributed by atoms with Crippen molar-refractivity contribution < 1.29 is 0 Å². The van der Waals surface area contributed by atoms with Crippen molar-refractivity contribution in [2.75, 3.05) is 38.7 Å². The Morgan fingerprint density at radius 2 is 1.65 bits per heavy atom. The Labute approximate surface area is 130 Å². The van der Waals surface area contributed by atoms with Gasteiger partial charge < -0.3 is 10.6 Å². The number of rotatable bonds is 10. The summed E-state index contributed by atoms with van der Waals surface area (Å²) in [5, 5.41) is 6.76. The van der Waals surface area contributed by atoms with Crippen molar-refractivity contribution in [2.45, 2.75) is 52.6 Å². The molecule has 0 aliphatic rings. The molecule has 0 aliphatic heterocycles. The largest absolute Gasteiger partial charge is 0.356 e. The molecule has 4 nitrogen and oxygen atoms in total. The van der Waals surface area contributed by atoms with Gasteiger partial charge in [0, 0.05) is 38.8 Å². The summed E-state index contributed by atoms with van der Waals surface area (Å²) in [5.41, 5.74) is 0. The molecule has 2 N–H and O–H groups in total. The maximum Gasteiger partial charge on any atom is 0.191 e. The van der Waals surface area contributed by atoms with Gasteiger partial charge in [-0.25, -0.2) is 0 Å². The zero-order chi connectivity index (χ0) is 15.4. The molecule has 0 atom stereocenters. The first-order chi connectivity index (χ1) is 9.52. The zero-order valence-electron chi connectivity index (χ0n) is 14.2. The first-order valence-corrected chi connectivity index (χ1v) is 9.11. The number of hydrogen-bond acceptors (Lipinski definition) is 3. The number of unbranched alkanes of at least 4 members (excludes halogenated alkanes) is 1. The highest BCUT2D eigenvalue weighted by atomic mass is 32.2. The van der Waals surface area contributed by atoms with Gasteiger partial charge in [-0.2, -0.15) is 11.8 Å². The quantitative estimate of drug-likeness (QED) is 0.369. The van der Waals surface area contributed by atoms with Gasteiger partial charge in [-0.1, -0.05) is 0 Å². The van der Waals surface area contributed by atoms with E-state index in [-0.39, 0.29) is 0 Å². The van der Waals surface area contributed by atoms with E-state index in [1.165, 1.54) is 18.6 Å². The van der Waals surface area contributed by atoms with Crippen LogP contribution in [0.4, 0.5) is 0 Å². The molecule has 20 heavy (non-hydrogen) atoms. The third-order valence-corrected chi connectivity index (χ3v) is 3.98. The Balaban J connectivity index is 3.84. The molecular weight excluding hydrogens is 268 g/mol. The topological polar surface area (TPSA) is 39.7 Å². The Hall–Kier alpha value is -0.420. The monoisotopic (exact) mass is 302 g/mol. The SMILES string of the molecule is CN=C(NCCCCSC)NCCN(C(C)C)C(C)C. The van der Waals surface area contributed by atoms with E-state index in [1.54, 1.807) is 0 Å². The van der Waals surface area contributed by atoms with E-state index in [0.717, 1.165) is 25.6 Å². The summed E-state index contributed by atoms with van der Waals surface area (Å²) < 4.78 is 0. The van der Waals surface area contributed by atoms with Gasteiger partial charge in [0.2, 0.25) is 0 Å². The van der Waals surface area contributed by atoms with Gasteiger partial charge in [0.05, 0.1) is 0 Å². The second-order valence-electron chi connectivity index (χ2n) is 5.55. The van der Waals surface area contributed by atoms with Gasteiger partial charge in [0.1, 0.15) is 0 Å². The molecule has 0 rings (SSSR count). The molecule has 0 fully saturated rings. The van der Waals surface area contributed by atoms with E-state index >= 15 is 0 Å². The molecule has 0 aromatic carbocycles. The Bertz CT molecular complexity index is 246. The molecule has 0 bridgehead atoms. The highest BCUT2D eigenvalue weighted by molar-refractivity contribution is 7.98. The molecule has 0 heterocycles. The van der Waals surface area contributed by atoms with Crippen LogP contribution in [0.25, 0.3) is 0 Å². The number of nitrogens with zero attached hydrogens (tertiary/aromatic N) is 2. The van der Waals surface area contributed by atoms with Crippen LogP contribution in [0.5, 0.6) is 0 Å². The van der Waals surface area contributed by atoms with Crippen LogP contribution < -0.4 is 10.6 Å². The maximum atomic E-state index is 4.26. The first kappa shape index (κ1) is 19.6. The predicted octanol–water partition coefficient (Wildman–Crippen LogP) is 2.41. The van der Waals surface area contributed by atoms with Crippen LogP contribution in [-0.4, -0.2) is 61.6 Å². The smallest absolute Gasteiger partial charge is 0.191 e. The molecule has 0 unspecified atom stereocenters. The van der Waals surface area contributed by atoms with Gasteiger partial charge in [-0.3, -0.25) is 9.89 Å². The molecule has 0 aromatic heterocycles.